The summed E-state index contributed by atoms with van der Waals surface area (Å²) in [5, 5.41) is 16.9. The number of aliphatic hydroxyl groups is 1. The molecule has 9 heteroatoms. The van der Waals surface area contributed by atoms with Gasteiger partial charge >= 0.3 is 0 Å². The zero-order valence-corrected chi connectivity index (χ0v) is 17.3. The maximum absolute atomic E-state index is 13.5. The highest BCUT2D eigenvalue weighted by Gasteiger charge is 2.66. The lowest BCUT2D eigenvalue weighted by molar-refractivity contribution is -0.157. The molecular formula is C22H28N2O7. The molecule has 31 heavy (non-hydrogen) atoms. The fraction of sp³-hybridized carbons (Fsp3) is 0.591. The molecule has 4 heterocycles. The van der Waals surface area contributed by atoms with Crippen molar-refractivity contribution < 1.29 is 34.1 Å². The lowest BCUT2D eigenvalue weighted by Gasteiger charge is -2.39. The fourth-order valence-corrected chi connectivity index (χ4v) is 5.42. The number of rotatable bonds is 3. The molecule has 4 fully saturated rings. The smallest absolute Gasteiger partial charge is 0.290 e. The van der Waals surface area contributed by atoms with Gasteiger partial charge in [0.25, 0.3) is 6.47 Å². The average Bonchev–Trinajstić information content (AvgIpc) is 3.43. The standard InChI is InChI=1S/C21H26N2O5.CH2O2/c24-14-20(7-10-27-11-8-20)19(26)22-9-6-21-17(22)12-18(25)23(21)13-16(28-21)15-4-2-1-3-5-15;2-1-3/h1-5,16-17,24H,6-14H2;1H,(H,2,3)/t16-,17-,21+;/m1./s1. The predicted molar refractivity (Wildman–Crippen MR) is 108 cm³/mol. The van der Waals surface area contributed by atoms with Crippen molar-refractivity contribution in [3.8, 4) is 0 Å². The van der Waals surface area contributed by atoms with Crippen LogP contribution in [0.5, 0.6) is 0 Å². The molecule has 1 spiro atoms. The number of nitrogens with zero attached hydrogens (tertiary/aromatic N) is 2. The van der Waals surface area contributed by atoms with Crippen molar-refractivity contribution in [1.82, 2.24) is 9.80 Å². The van der Waals surface area contributed by atoms with Gasteiger partial charge in [-0.05, 0) is 18.4 Å². The molecule has 2 N–H and O–H groups in total. The first-order valence-electron chi connectivity index (χ1n) is 10.6. The van der Waals surface area contributed by atoms with E-state index in [-0.39, 0.29) is 37.0 Å². The van der Waals surface area contributed by atoms with E-state index in [9.17, 15) is 14.7 Å². The number of likely N-dealkylation sites (tertiary alicyclic amines) is 1. The van der Waals surface area contributed by atoms with Gasteiger partial charge in [0.1, 0.15) is 6.10 Å². The highest BCUT2D eigenvalue weighted by atomic mass is 16.5. The third-order valence-electron chi connectivity index (χ3n) is 7.07. The van der Waals surface area contributed by atoms with Crippen molar-refractivity contribution in [2.24, 2.45) is 5.41 Å². The van der Waals surface area contributed by atoms with E-state index >= 15 is 0 Å². The van der Waals surface area contributed by atoms with Crippen LogP contribution in [-0.4, -0.2) is 83.0 Å². The minimum absolute atomic E-state index is 0.0472. The summed E-state index contributed by atoms with van der Waals surface area (Å²) in [5.41, 5.74) is -0.467. The SMILES string of the molecule is O=C1C[C@H]2N(C(=O)C3(CO)CCOCC3)CC[C@]23O[C@@H](c2ccccc2)CN13.O=CO. The number of aliphatic hydroxyl groups excluding tert-OH is 1. The zero-order valence-electron chi connectivity index (χ0n) is 17.3. The molecule has 5 rings (SSSR count). The van der Waals surface area contributed by atoms with Gasteiger partial charge in [0.15, 0.2) is 5.72 Å². The number of benzene rings is 1. The van der Waals surface area contributed by atoms with E-state index in [1.54, 1.807) is 0 Å². The van der Waals surface area contributed by atoms with Gasteiger partial charge in [-0.15, -0.1) is 0 Å². The molecule has 4 saturated heterocycles. The van der Waals surface area contributed by atoms with Gasteiger partial charge < -0.3 is 29.5 Å². The van der Waals surface area contributed by atoms with Crippen LogP contribution in [0, 0.1) is 5.41 Å². The van der Waals surface area contributed by atoms with E-state index in [1.807, 2.05) is 40.1 Å². The molecule has 3 atom stereocenters. The Kier molecular flexibility index (Phi) is 6.00. The summed E-state index contributed by atoms with van der Waals surface area (Å²) >= 11 is 0. The molecule has 1 aromatic carbocycles. The number of ether oxygens (including phenoxy) is 2. The molecule has 4 aliphatic rings. The first kappa shape index (κ1) is 21.7. The minimum atomic E-state index is -0.794. The maximum Gasteiger partial charge on any atom is 0.290 e. The maximum atomic E-state index is 13.5. The molecule has 9 nitrogen and oxygen atoms in total. The summed E-state index contributed by atoms with van der Waals surface area (Å²) < 4.78 is 11.9. The monoisotopic (exact) mass is 432 g/mol. The third-order valence-corrected chi connectivity index (χ3v) is 7.07. The van der Waals surface area contributed by atoms with E-state index in [4.69, 9.17) is 19.4 Å². The Hall–Kier alpha value is -2.49. The first-order chi connectivity index (χ1) is 15.0. The number of hydrogen-bond acceptors (Lipinski definition) is 6. The molecule has 0 aliphatic carbocycles. The van der Waals surface area contributed by atoms with Crippen LogP contribution in [0.3, 0.4) is 0 Å². The average molecular weight is 432 g/mol. The lowest BCUT2D eigenvalue weighted by atomic mass is 9.79. The predicted octanol–water partition coefficient (Wildman–Crippen LogP) is 0.777. The zero-order chi connectivity index (χ0) is 22.1. The number of amides is 2. The number of carboxylic acid groups (broad SMARTS) is 1. The molecule has 0 unspecified atom stereocenters. The van der Waals surface area contributed by atoms with Crippen molar-refractivity contribution in [3.63, 3.8) is 0 Å². The normalized spacial score (nSPS) is 30.9. The minimum Gasteiger partial charge on any atom is -0.483 e. The molecule has 0 radical (unpaired) electrons. The largest absolute Gasteiger partial charge is 0.483 e. The van der Waals surface area contributed by atoms with Crippen LogP contribution in [-0.2, 0) is 23.9 Å². The molecule has 2 amide bonds. The van der Waals surface area contributed by atoms with Crippen LogP contribution in [0.25, 0.3) is 0 Å². The molecule has 0 bridgehead atoms. The second-order valence-corrected chi connectivity index (χ2v) is 8.49. The Morgan fingerprint density at radius 1 is 1.19 bits per heavy atom. The summed E-state index contributed by atoms with van der Waals surface area (Å²) in [6.07, 6.45) is 1.78. The third kappa shape index (κ3) is 3.50. The van der Waals surface area contributed by atoms with Crippen molar-refractivity contribution in [2.45, 2.75) is 43.6 Å². The fourth-order valence-electron chi connectivity index (χ4n) is 5.42. The lowest BCUT2D eigenvalue weighted by Crippen LogP contribution is -2.54. The van der Waals surface area contributed by atoms with Crippen LogP contribution >= 0.6 is 0 Å². The van der Waals surface area contributed by atoms with Crippen LogP contribution in [0.15, 0.2) is 30.3 Å². The van der Waals surface area contributed by atoms with Gasteiger partial charge in [-0.3, -0.25) is 14.4 Å². The molecular weight excluding hydrogens is 404 g/mol. The topological polar surface area (TPSA) is 117 Å². The van der Waals surface area contributed by atoms with Gasteiger partial charge in [0.05, 0.1) is 31.0 Å². The van der Waals surface area contributed by atoms with Crippen molar-refractivity contribution in [3.05, 3.63) is 35.9 Å². The highest BCUT2D eigenvalue weighted by Crippen LogP contribution is 2.51. The van der Waals surface area contributed by atoms with Crippen LogP contribution < -0.4 is 0 Å². The van der Waals surface area contributed by atoms with Crippen molar-refractivity contribution in [2.75, 3.05) is 32.9 Å². The quantitative estimate of drug-likeness (QED) is 0.678. The van der Waals surface area contributed by atoms with E-state index in [0.29, 0.717) is 52.0 Å². The number of carbonyl (C=O) groups is 3. The summed E-state index contributed by atoms with van der Waals surface area (Å²) in [5.74, 6) is -0.00690. The van der Waals surface area contributed by atoms with Gasteiger partial charge in [-0.25, -0.2) is 0 Å². The van der Waals surface area contributed by atoms with E-state index in [1.165, 1.54) is 0 Å². The molecule has 0 saturated carbocycles. The van der Waals surface area contributed by atoms with Gasteiger partial charge in [0, 0.05) is 26.2 Å². The summed E-state index contributed by atoms with van der Waals surface area (Å²) in [4.78, 5) is 38.3. The van der Waals surface area contributed by atoms with Crippen LogP contribution in [0.4, 0.5) is 0 Å². The van der Waals surface area contributed by atoms with E-state index in [0.717, 1.165) is 5.56 Å². The van der Waals surface area contributed by atoms with E-state index < -0.39 is 11.1 Å². The second kappa shape index (κ2) is 8.57. The number of hydrogen-bond donors (Lipinski definition) is 2. The Morgan fingerprint density at radius 2 is 1.87 bits per heavy atom. The van der Waals surface area contributed by atoms with Crippen molar-refractivity contribution in [1.29, 1.82) is 0 Å². The summed E-state index contributed by atoms with van der Waals surface area (Å²) in [6, 6.07) is 9.66. The Labute approximate surface area is 180 Å². The summed E-state index contributed by atoms with van der Waals surface area (Å²) in [7, 11) is 0. The molecule has 0 aromatic heterocycles. The van der Waals surface area contributed by atoms with Gasteiger partial charge in [0.2, 0.25) is 11.8 Å². The molecule has 1 aromatic rings. The van der Waals surface area contributed by atoms with E-state index in [2.05, 4.69) is 0 Å². The second-order valence-electron chi connectivity index (χ2n) is 8.49. The molecule has 4 aliphatic heterocycles. The van der Waals surface area contributed by atoms with Crippen molar-refractivity contribution >= 4 is 18.3 Å². The van der Waals surface area contributed by atoms with Gasteiger partial charge in [-0.1, -0.05) is 30.3 Å². The Bertz CT molecular complexity index is 826. The molecule has 168 valence electrons. The van der Waals surface area contributed by atoms with Crippen LogP contribution in [0.2, 0.25) is 0 Å². The van der Waals surface area contributed by atoms with Crippen LogP contribution in [0.1, 0.15) is 37.4 Å². The van der Waals surface area contributed by atoms with Gasteiger partial charge in [-0.2, -0.15) is 0 Å². The highest BCUT2D eigenvalue weighted by molar-refractivity contribution is 5.87. The first-order valence-corrected chi connectivity index (χ1v) is 10.6. The Morgan fingerprint density at radius 3 is 2.52 bits per heavy atom. The number of carbonyl (C=O) groups excluding carboxylic acids is 2. The Balaban J connectivity index is 0.000000730. The summed E-state index contributed by atoms with van der Waals surface area (Å²) in [6.45, 7) is 1.61.